The maximum atomic E-state index is 5.62. The second kappa shape index (κ2) is 11.5. The Bertz CT molecular complexity index is 790. The van der Waals surface area contributed by atoms with Crippen LogP contribution in [0.15, 0.2) is 53.5 Å². The summed E-state index contributed by atoms with van der Waals surface area (Å²) in [6, 6.07) is 17.2. The molecule has 0 saturated carbocycles. The minimum absolute atomic E-state index is 0.390. The summed E-state index contributed by atoms with van der Waals surface area (Å²) < 4.78 is 10.6. The fourth-order valence-electron chi connectivity index (χ4n) is 3.49. The highest BCUT2D eigenvalue weighted by atomic mass is 16.5. The molecule has 6 nitrogen and oxygen atoms in total. The molecule has 0 aliphatic carbocycles. The third-order valence-corrected chi connectivity index (χ3v) is 5.17. The molecule has 0 spiro atoms. The van der Waals surface area contributed by atoms with E-state index in [1.54, 1.807) is 7.11 Å². The first-order chi connectivity index (χ1) is 14.7. The fraction of sp³-hybridized carbons (Fsp3) is 0.458. The molecule has 2 N–H and O–H groups in total. The van der Waals surface area contributed by atoms with Crippen LogP contribution in [0.2, 0.25) is 0 Å². The summed E-state index contributed by atoms with van der Waals surface area (Å²) in [7, 11) is 1.67. The summed E-state index contributed by atoms with van der Waals surface area (Å²) in [6.07, 6.45) is 1.10. The molecule has 1 unspecified atom stereocenters. The predicted molar refractivity (Wildman–Crippen MR) is 124 cm³/mol. The van der Waals surface area contributed by atoms with Crippen LogP contribution in [-0.2, 0) is 11.3 Å². The van der Waals surface area contributed by atoms with Crippen molar-refractivity contribution >= 4 is 11.6 Å². The van der Waals surface area contributed by atoms with Crippen molar-refractivity contribution < 1.29 is 9.47 Å². The monoisotopic (exact) mass is 410 g/mol. The normalized spacial score (nSPS) is 16.6. The Labute approximate surface area is 180 Å². The fourth-order valence-corrected chi connectivity index (χ4v) is 3.49. The van der Waals surface area contributed by atoms with Gasteiger partial charge in [0.05, 0.1) is 13.2 Å². The van der Waals surface area contributed by atoms with Crippen LogP contribution >= 0.6 is 0 Å². The summed E-state index contributed by atoms with van der Waals surface area (Å²) in [5, 5.41) is 6.97. The number of guanidine groups is 1. The minimum Gasteiger partial charge on any atom is -0.491 e. The molecule has 2 aromatic rings. The van der Waals surface area contributed by atoms with Crippen LogP contribution in [-0.4, -0.2) is 52.0 Å². The first-order valence-corrected chi connectivity index (χ1v) is 10.7. The van der Waals surface area contributed by atoms with Crippen molar-refractivity contribution in [2.24, 2.45) is 4.99 Å². The lowest BCUT2D eigenvalue weighted by Gasteiger charge is -2.20. The van der Waals surface area contributed by atoms with Gasteiger partial charge in [0.2, 0.25) is 0 Å². The Morgan fingerprint density at radius 1 is 1.10 bits per heavy atom. The molecule has 3 rings (SSSR count). The topological polar surface area (TPSA) is 58.1 Å². The van der Waals surface area contributed by atoms with E-state index < -0.39 is 0 Å². The lowest BCUT2D eigenvalue weighted by Crippen LogP contribution is -2.44. The summed E-state index contributed by atoms with van der Waals surface area (Å²) in [6.45, 7) is 8.88. The molecule has 1 saturated heterocycles. The van der Waals surface area contributed by atoms with Crippen molar-refractivity contribution in [2.45, 2.75) is 32.9 Å². The predicted octanol–water partition coefficient (Wildman–Crippen LogP) is 3.35. The number of nitrogens with one attached hydrogen (secondary N) is 2. The molecule has 0 aromatic heterocycles. The quantitative estimate of drug-likeness (QED) is 0.377. The zero-order valence-corrected chi connectivity index (χ0v) is 18.4. The van der Waals surface area contributed by atoms with Gasteiger partial charge in [-0.2, -0.15) is 0 Å². The molecule has 0 bridgehead atoms. The number of benzene rings is 2. The Morgan fingerprint density at radius 3 is 2.57 bits per heavy atom. The zero-order valence-electron chi connectivity index (χ0n) is 18.4. The van der Waals surface area contributed by atoms with Crippen LogP contribution in [0.25, 0.3) is 0 Å². The van der Waals surface area contributed by atoms with Gasteiger partial charge in [-0.1, -0.05) is 29.8 Å². The Kier molecular flexibility index (Phi) is 8.39. The van der Waals surface area contributed by atoms with Gasteiger partial charge < -0.3 is 25.0 Å². The van der Waals surface area contributed by atoms with Crippen LogP contribution in [0.1, 0.15) is 24.5 Å². The molecule has 1 fully saturated rings. The maximum absolute atomic E-state index is 5.62. The molecular formula is C24H34N4O2. The van der Waals surface area contributed by atoms with Gasteiger partial charge in [0.15, 0.2) is 5.96 Å². The molecule has 1 atom stereocenters. The van der Waals surface area contributed by atoms with Gasteiger partial charge in [0, 0.05) is 38.5 Å². The molecule has 30 heavy (non-hydrogen) atoms. The smallest absolute Gasteiger partial charge is 0.191 e. The van der Waals surface area contributed by atoms with Gasteiger partial charge in [-0.25, -0.2) is 4.99 Å². The number of hydrogen-bond donors (Lipinski definition) is 2. The number of methoxy groups -OCH3 is 1. The van der Waals surface area contributed by atoms with Gasteiger partial charge in [0.1, 0.15) is 12.4 Å². The lowest BCUT2D eigenvalue weighted by atomic mass is 10.2. The molecule has 6 heteroatoms. The van der Waals surface area contributed by atoms with Crippen molar-refractivity contribution in [1.82, 2.24) is 10.6 Å². The maximum Gasteiger partial charge on any atom is 0.191 e. The van der Waals surface area contributed by atoms with E-state index in [1.165, 1.54) is 11.3 Å². The van der Waals surface area contributed by atoms with E-state index >= 15 is 0 Å². The molecule has 2 aromatic carbocycles. The average molecular weight is 411 g/mol. The molecule has 0 amide bonds. The van der Waals surface area contributed by atoms with Gasteiger partial charge in [-0.3, -0.25) is 0 Å². The van der Waals surface area contributed by atoms with Gasteiger partial charge in [-0.05, 0) is 50.1 Å². The van der Waals surface area contributed by atoms with Crippen LogP contribution < -0.4 is 20.3 Å². The standard InChI is InChI=1S/C24H34N4O2/c1-4-25-24(26-17-20-7-11-23(12-8-20)30-16-15-29-3)27-21-13-14-28(18-21)22-9-5-19(2)6-10-22/h5-12,21H,4,13-18H2,1-3H3,(H2,25,26,27). The SMILES string of the molecule is CCNC(=NCc1ccc(OCCOC)cc1)NC1CCN(c2ccc(C)cc2)C1. The highest BCUT2D eigenvalue weighted by Crippen LogP contribution is 2.20. The highest BCUT2D eigenvalue weighted by Gasteiger charge is 2.23. The molecule has 162 valence electrons. The summed E-state index contributed by atoms with van der Waals surface area (Å²) in [4.78, 5) is 7.21. The van der Waals surface area contributed by atoms with E-state index in [0.29, 0.717) is 25.8 Å². The first kappa shape index (κ1) is 22.0. The molecule has 1 aliphatic rings. The van der Waals surface area contributed by atoms with Crippen molar-refractivity contribution in [1.29, 1.82) is 0 Å². The number of anilines is 1. The second-order valence-corrected chi connectivity index (χ2v) is 7.59. The van der Waals surface area contributed by atoms with Gasteiger partial charge in [-0.15, -0.1) is 0 Å². The number of nitrogens with zero attached hydrogens (tertiary/aromatic N) is 2. The van der Waals surface area contributed by atoms with Gasteiger partial charge >= 0.3 is 0 Å². The minimum atomic E-state index is 0.390. The van der Waals surface area contributed by atoms with Crippen molar-refractivity contribution in [3.05, 3.63) is 59.7 Å². The number of hydrogen-bond acceptors (Lipinski definition) is 4. The van der Waals surface area contributed by atoms with Crippen molar-refractivity contribution in [3.8, 4) is 5.75 Å². The number of aryl methyl sites for hydroxylation is 1. The summed E-state index contributed by atoms with van der Waals surface area (Å²) in [5.74, 6) is 1.72. The van der Waals surface area contributed by atoms with E-state index in [-0.39, 0.29) is 0 Å². The lowest BCUT2D eigenvalue weighted by molar-refractivity contribution is 0.146. The third kappa shape index (κ3) is 6.66. The number of ether oxygens (including phenoxy) is 2. The molecular weight excluding hydrogens is 376 g/mol. The summed E-state index contributed by atoms with van der Waals surface area (Å²) in [5.41, 5.74) is 3.74. The largest absolute Gasteiger partial charge is 0.491 e. The Morgan fingerprint density at radius 2 is 1.87 bits per heavy atom. The molecule has 1 heterocycles. The molecule has 1 aliphatic heterocycles. The van der Waals surface area contributed by atoms with E-state index in [0.717, 1.165) is 43.3 Å². The highest BCUT2D eigenvalue weighted by molar-refractivity contribution is 5.80. The van der Waals surface area contributed by atoms with E-state index in [9.17, 15) is 0 Å². The van der Waals surface area contributed by atoms with E-state index in [1.807, 2.05) is 12.1 Å². The number of rotatable bonds is 9. The van der Waals surface area contributed by atoms with Crippen molar-refractivity contribution in [2.75, 3.05) is 44.9 Å². The average Bonchev–Trinajstić information content (AvgIpc) is 3.22. The molecule has 0 radical (unpaired) electrons. The van der Waals surface area contributed by atoms with Crippen molar-refractivity contribution in [3.63, 3.8) is 0 Å². The first-order valence-electron chi connectivity index (χ1n) is 10.7. The summed E-state index contributed by atoms with van der Waals surface area (Å²) >= 11 is 0. The Balaban J connectivity index is 1.52. The van der Waals surface area contributed by atoms with Crippen LogP contribution in [0.5, 0.6) is 5.75 Å². The van der Waals surface area contributed by atoms with E-state index in [4.69, 9.17) is 14.5 Å². The van der Waals surface area contributed by atoms with Crippen LogP contribution in [0, 0.1) is 6.92 Å². The third-order valence-electron chi connectivity index (χ3n) is 5.17. The van der Waals surface area contributed by atoms with Gasteiger partial charge in [0.25, 0.3) is 0 Å². The van der Waals surface area contributed by atoms with E-state index in [2.05, 4.69) is 65.8 Å². The van der Waals surface area contributed by atoms with Crippen LogP contribution in [0.3, 0.4) is 0 Å². The number of aliphatic imine (C=N–C) groups is 1. The second-order valence-electron chi connectivity index (χ2n) is 7.59. The Hall–Kier alpha value is -2.73. The zero-order chi connectivity index (χ0) is 21.2. The van der Waals surface area contributed by atoms with Crippen LogP contribution in [0.4, 0.5) is 5.69 Å².